The van der Waals surface area contributed by atoms with Gasteiger partial charge in [-0.15, -0.1) is 0 Å². The Morgan fingerprint density at radius 2 is 1.62 bits per heavy atom. The van der Waals surface area contributed by atoms with Gasteiger partial charge in [-0.25, -0.2) is 8.42 Å². The van der Waals surface area contributed by atoms with Crippen molar-refractivity contribution < 1.29 is 22.7 Å². The van der Waals surface area contributed by atoms with Crippen molar-refractivity contribution in [2.24, 2.45) is 5.73 Å². The van der Waals surface area contributed by atoms with Crippen molar-refractivity contribution >= 4 is 33.2 Å². The van der Waals surface area contributed by atoms with Crippen LogP contribution < -0.4 is 20.1 Å². The van der Waals surface area contributed by atoms with Crippen LogP contribution in [0.4, 0.5) is 11.4 Å². The highest BCUT2D eigenvalue weighted by Crippen LogP contribution is 2.31. The number of ether oxygens (including phenoxy) is 1. The van der Waals surface area contributed by atoms with Crippen LogP contribution in [0, 0.1) is 20.8 Å². The summed E-state index contributed by atoms with van der Waals surface area (Å²) >= 11 is 0. The Labute approximate surface area is 199 Å². The highest BCUT2D eigenvalue weighted by atomic mass is 32.2. The molecule has 3 aromatic carbocycles. The molecule has 0 aromatic heterocycles. The third kappa shape index (κ3) is 5.37. The zero-order valence-electron chi connectivity index (χ0n) is 19.5. The van der Waals surface area contributed by atoms with E-state index in [2.05, 4.69) is 5.32 Å². The fourth-order valence-corrected chi connectivity index (χ4v) is 5.00. The lowest BCUT2D eigenvalue weighted by atomic mass is 10.1. The van der Waals surface area contributed by atoms with Crippen LogP contribution in [0.1, 0.15) is 27.0 Å². The topological polar surface area (TPSA) is 119 Å². The number of hydrogen-bond donors (Lipinski definition) is 2. The summed E-state index contributed by atoms with van der Waals surface area (Å²) in [5, 5.41) is 2.67. The summed E-state index contributed by atoms with van der Waals surface area (Å²) in [4.78, 5) is 24.2. The molecule has 8 nitrogen and oxygen atoms in total. The molecule has 3 aromatic rings. The van der Waals surface area contributed by atoms with E-state index in [1.807, 2.05) is 13.8 Å². The van der Waals surface area contributed by atoms with Crippen molar-refractivity contribution in [1.29, 1.82) is 0 Å². The molecule has 0 atom stereocenters. The normalized spacial score (nSPS) is 11.1. The maximum atomic E-state index is 13.8. The smallest absolute Gasteiger partial charge is 0.268 e. The Balaban J connectivity index is 2.00. The number of benzene rings is 3. The number of carbonyl (C=O) groups is 2. The molecule has 178 valence electrons. The zero-order valence-corrected chi connectivity index (χ0v) is 20.3. The van der Waals surface area contributed by atoms with Gasteiger partial charge in [0.25, 0.3) is 10.0 Å². The van der Waals surface area contributed by atoms with Crippen LogP contribution in [0.3, 0.4) is 0 Å². The lowest BCUT2D eigenvalue weighted by Crippen LogP contribution is -2.38. The molecule has 0 spiro atoms. The van der Waals surface area contributed by atoms with E-state index in [1.165, 1.54) is 37.4 Å². The van der Waals surface area contributed by atoms with Crippen molar-refractivity contribution in [3.8, 4) is 5.75 Å². The van der Waals surface area contributed by atoms with Gasteiger partial charge in [-0.3, -0.25) is 13.9 Å². The number of nitrogens with two attached hydrogens (primary N) is 1. The molecule has 0 aliphatic carbocycles. The summed E-state index contributed by atoms with van der Waals surface area (Å²) in [5.74, 6) is -0.959. The van der Waals surface area contributed by atoms with Crippen LogP contribution >= 0.6 is 0 Å². The summed E-state index contributed by atoms with van der Waals surface area (Å²) in [6.45, 7) is 5.10. The molecule has 3 N–H and O–H groups in total. The molecule has 0 radical (unpaired) electrons. The number of carbonyl (C=O) groups excluding carboxylic acids is 2. The number of nitrogens with zero attached hydrogens (tertiary/aromatic N) is 1. The lowest BCUT2D eigenvalue weighted by Gasteiger charge is -2.26. The van der Waals surface area contributed by atoms with Crippen molar-refractivity contribution in [1.82, 2.24) is 0 Å². The molecular weight excluding hydrogens is 454 g/mol. The molecule has 0 saturated heterocycles. The van der Waals surface area contributed by atoms with Gasteiger partial charge in [-0.05, 0) is 86.0 Å². The molecule has 3 rings (SSSR count). The van der Waals surface area contributed by atoms with Gasteiger partial charge in [0.1, 0.15) is 17.2 Å². The van der Waals surface area contributed by atoms with E-state index < -0.39 is 28.4 Å². The predicted octanol–water partition coefficient (Wildman–Crippen LogP) is 3.55. The zero-order chi connectivity index (χ0) is 25.0. The van der Waals surface area contributed by atoms with Crippen LogP contribution in [0.25, 0.3) is 0 Å². The second-order valence-corrected chi connectivity index (χ2v) is 9.76. The fraction of sp³-hybridized carbons (Fsp3) is 0.200. The molecule has 2 amide bonds. The van der Waals surface area contributed by atoms with Gasteiger partial charge in [0.15, 0.2) is 0 Å². The van der Waals surface area contributed by atoms with Crippen molar-refractivity contribution in [3.63, 3.8) is 0 Å². The first kappa shape index (κ1) is 24.8. The van der Waals surface area contributed by atoms with Gasteiger partial charge in [0.2, 0.25) is 11.8 Å². The third-order valence-electron chi connectivity index (χ3n) is 5.41. The molecule has 0 bridgehead atoms. The Kier molecular flexibility index (Phi) is 7.26. The highest BCUT2D eigenvalue weighted by Gasteiger charge is 2.30. The van der Waals surface area contributed by atoms with Crippen LogP contribution in [0.15, 0.2) is 65.6 Å². The maximum absolute atomic E-state index is 13.8. The number of primary amides is 1. The molecule has 0 fully saturated rings. The number of aryl methyl sites for hydroxylation is 3. The van der Waals surface area contributed by atoms with Gasteiger partial charge < -0.3 is 15.8 Å². The van der Waals surface area contributed by atoms with E-state index in [1.54, 1.807) is 37.3 Å². The second kappa shape index (κ2) is 9.96. The van der Waals surface area contributed by atoms with Crippen LogP contribution in [0.5, 0.6) is 5.75 Å². The first-order valence-corrected chi connectivity index (χ1v) is 11.9. The van der Waals surface area contributed by atoms with E-state index in [9.17, 15) is 18.0 Å². The van der Waals surface area contributed by atoms with E-state index in [0.29, 0.717) is 16.9 Å². The van der Waals surface area contributed by atoms with Gasteiger partial charge in [0.05, 0.1) is 12.8 Å². The fourth-order valence-electron chi connectivity index (χ4n) is 3.35. The Morgan fingerprint density at radius 3 is 2.21 bits per heavy atom. The quantitative estimate of drug-likeness (QED) is 0.510. The number of hydrogen-bond acceptors (Lipinski definition) is 5. The third-order valence-corrected chi connectivity index (χ3v) is 7.20. The SMILES string of the molecule is COc1ccc(C)cc1S(=O)(=O)N(CC(=O)Nc1ccc(C(N)=O)cc1)c1ccc(C)c(C)c1. The Bertz CT molecular complexity index is 1340. The number of methoxy groups -OCH3 is 1. The minimum Gasteiger partial charge on any atom is -0.495 e. The van der Waals surface area contributed by atoms with E-state index in [4.69, 9.17) is 10.5 Å². The standard InChI is InChI=1S/C25H27N3O5S/c1-16-5-12-22(33-4)23(13-16)34(31,32)28(21-11-6-17(2)18(3)14-21)15-24(29)27-20-9-7-19(8-10-20)25(26)30/h5-14H,15H2,1-4H3,(H2,26,30)(H,27,29). The van der Waals surface area contributed by atoms with Crippen molar-refractivity contribution in [3.05, 3.63) is 82.9 Å². The maximum Gasteiger partial charge on any atom is 0.268 e. The van der Waals surface area contributed by atoms with Crippen molar-refractivity contribution in [2.75, 3.05) is 23.3 Å². The van der Waals surface area contributed by atoms with Crippen LogP contribution in [-0.4, -0.2) is 33.9 Å². The minimum absolute atomic E-state index is 0.0353. The minimum atomic E-state index is -4.17. The molecule has 0 aliphatic heterocycles. The predicted molar refractivity (Wildman–Crippen MR) is 132 cm³/mol. The summed E-state index contributed by atoms with van der Waals surface area (Å²) in [7, 11) is -2.77. The second-order valence-electron chi connectivity index (χ2n) is 7.92. The summed E-state index contributed by atoms with van der Waals surface area (Å²) in [5.41, 5.74) is 8.91. The van der Waals surface area contributed by atoms with E-state index in [-0.39, 0.29) is 10.6 Å². The summed E-state index contributed by atoms with van der Waals surface area (Å²) < 4.78 is 33.9. The number of amides is 2. The first-order valence-electron chi connectivity index (χ1n) is 10.5. The van der Waals surface area contributed by atoms with Crippen LogP contribution in [-0.2, 0) is 14.8 Å². The number of nitrogens with one attached hydrogen (secondary N) is 1. The molecule has 0 aliphatic rings. The molecular formula is C25H27N3O5S. The largest absolute Gasteiger partial charge is 0.495 e. The molecule has 0 saturated carbocycles. The summed E-state index contributed by atoms with van der Waals surface area (Å²) in [6, 6.07) is 16.1. The average molecular weight is 482 g/mol. The highest BCUT2D eigenvalue weighted by molar-refractivity contribution is 7.93. The lowest BCUT2D eigenvalue weighted by molar-refractivity contribution is -0.114. The molecule has 0 heterocycles. The first-order chi connectivity index (χ1) is 16.0. The number of rotatable bonds is 8. The monoisotopic (exact) mass is 481 g/mol. The Morgan fingerprint density at radius 1 is 0.941 bits per heavy atom. The van der Waals surface area contributed by atoms with Gasteiger partial charge in [-0.2, -0.15) is 0 Å². The summed E-state index contributed by atoms with van der Waals surface area (Å²) in [6.07, 6.45) is 0. The van der Waals surface area contributed by atoms with Crippen LogP contribution in [0.2, 0.25) is 0 Å². The van der Waals surface area contributed by atoms with Gasteiger partial charge in [-0.1, -0.05) is 12.1 Å². The average Bonchev–Trinajstić information content (AvgIpc) is 2.79. The van der Waals surface area contributed by atoms with Crippen molar-refractivity contribution in [2.45, 2.75) is 25.7 Å². The van der Waals surface area contributed by atoms with Gasteiger partial charge in [0, 0.05) is 11.3 Å². The Hall–Kier alpha value is -3.85. The number of anilines is 2. The molecule has 9 heteroatoms. The number of sulfonamides is 1. The van der Waals surface area contributed by atoms with Gasteiger partial charge >= 0.3 is 0 Å². The molecule has 0 unspecified atom stereocenters. The van der Waals surface area contributed by atoms with E-state index in [0.717, 1.165) is 21.0 Å². The molecule has 34 heavy (non-hydrogen) atoms. The van der Waals surface area contributed by atoms with E-state index >= 15 is 0 Å².